The number of ether oxygens (including phenoxy) is 1. The Morgan fingerprint density at radius 1 is 1.36 bits per heavy atom. The van der Waals surface area contributed by atoms with E-state index in [0.29, 0.717) is 18.6 Å². The molecule has 0 fully saturated rings. The minimum atomic E-state index is -0.192. The maximum absolute atomic E-state index is 11.7. The molecular weight excluding hydrogens is 180 g/mol. The minimum Gasteiger partial charge on any atom is -0.500 e. The Balaban J connectivity index is 3.14. The Hall–Kier alpha value is -1.12. The van der Waals surface area contributed by atoms with Crippen molar-refractivity contribution in [2.75, 3.05) is 7.11 Å². The fourth-order valence-corrected chi connectivity index (χ4v) is 1.83. The normalized spacial score (nSPS) is 21.0. The van der Waals surface area contributed by atoms with Crippen molar-refractivity contribution < 1.29 is 14.3 Å². The molecular formula is C11H16O3. The van der Waals surface area contributed by atoms with Gasteiger partial charge in [-0.1, -0.05) is 13.8 Å². The van der Waals surface area contributed by atoms with Gasteiger partial charge in [0.1, 0.15) is 5.76 Å². The third-order valence-electron chi connectivity index (χ3n) is 2.43. The van der Waals surface area contributed by atoms with Crippen molar-refractivity contribution in [3.05, 3.63) is 11.3 Å². The lowest BCUT2D eigenvalue weighted by Crippen LogP contribution is -2.28. The van der Waals surface area contributed by atoms with Crippen LogP contribution in [-0.4, -0.2) is 18.7 Å². The molecule has 0 aromatic rings. The van der Waals surface area contributed by atoms with E-state index in [2.05, 4.69) is 0 Å². The average molecular weight is 196 g/mol. The lowest BCUT2D eigenvalue weighted by molar-refractivity contribution is -0.123. The molecule has 0 N–H and O–H groups in total. The Morgan fingerprint density at radius 2 is 1.93 bits per heavy atom. The van der Waals surface area contributed by atoms with Gasteiger partial charge in [-0.2, -0.15) is 0 Å². The largest absolute Gasteiger partial charge is 0.500 e. The Labute approximate surface area is 84.1 Å². The smallest absolute Gasteiger partial charge is 0.170 e. The van der Waals surface area contributed by atoms with E-state index in [1.165, 1.54) is 14.0 Å². The first-order valence-corrected chi connectivity index (χ1v) is 4.68. The summed E-state index contributed by atoms with van der Waals surface area (Å²) < 4.78 is 5.11. The third kappa shape index (κ3) is 2.03. The number of hydrogen-bond donors (Lipinski definition) is 0. The molecule has 0 spiro atoms. The maximum atomic E-state index is 11.7. The van der Waals surface area contributed by atoms with E-state index in [1.54, 1.807) is 0 Å². The first-order chi connectivity index (χ1) is 6.37. The highest BCUT2D eigenvalue weighted by Gasteiger charge is 2.35. The molecule has 0 heterocycles. The van der Waals surface area contributed by atoms with E-state index < -0.39 is 0 Å². The molecule has 0 radical (unpaired) electrons. The van der Waals surface area contributed by atoms with Crippen LogP contribution in [0.5, 0.6) is 0 Å². The van der Waals surface area contributed by atoms with Gasteiger partial charge in [0, 0.05) is 12.8 Å². The molecule has 1 rings (SSSR count). The van der Waals surface area contributed by atoms with Gasteiger partial charge < -0.3 is 4.74 Å². The van der Waals surface area contributed by atoms with Gasteiger partial charge in [0.05, 0.1) is 12.7 Å². The summed E-state index contributed by atoms with van der Waals surface area (Å²) >= 11 is 0. The summed E-state index contributed by atoms with van der Waals surface area (Å²) in [5.41, 5.74) is 0.160. The molecule has 0 aromatic heterocycles. The van der Waals surface area contributed by atoms with Crippen LogP contribution < -0.4 is 0 Å². The summed E-state index contributed by atoms with van der Waals surface area (Å²) in [5.74, 6) is 0.256. The van der Waals surface area contributed by atoms with Crippen LogP contribution in [0.1, 0.15) is 33.6 Å². The van der Waals surface area contributed by atoms with E-state index in [0.717, 1.165) is 0 Å². The highest BCUT2D eigenvalue weighted by Crippen LogP contribution is 2.37. The second-order valence-corrected chi connectivity index (χ2v) is 4.50. The minimum absolute atomic E-state index is 0.0920. The fourth-order valence-electron chi connectivity index (χ4n) is 1.83. The number of Topliss-reactive ketones (excluding diaryl/α,β-unsaturated/α-hetero) is 2. The van der Waals surface area contributed by atoms with E-state index in [-0.39, 0.29) is 22.6 Å². The van der Waals surface area contributed by atoms with Gasteiger partial charge in [-0.15, -0.1) is 0 Å². The summed E-state index contributed by atoms with van der Waals surface area (Å²) in [4.78, 5) is 22.9. The van der Waals surface area contributed by atoms with Gasteiger partial charge in [-0.25, -0.2) is 0 Å². The summed E-state index contributed by atoms with van der Waals surface area (Å²) in [6, 6.07) is 0. The first kappa shape index (κ1) is 11.0. The zero-order chi connectivity index (χ0) is 10.9. The second kappa shape index (κ2) is 3.56. The predicted molar refractivity (Wildman–Crippen MR) is 52.7 cm³/mol. The quantitative estimate of drug-likeness (QED) is 0.633. The molecule has 0 bridgehead atoms. The van der Waals surface area contributed by atoms with Gasteiger partial charge in [-0.3, -0.25) is 9.59 Å². The second-order valence-electron chi connectivity index (χ2n) is 4.50. The molecule has 3 nitrogen and oxygen atoms in total. The molecule has 0 unspecified atom stereocenters. The first-order valence-electron chi connectivity index (χ1n) is 4.68. The summed E-state index contributed by atoms with van der Waals surface area (Å²) in [6.45, 7) is 5.41. The van der Waals surface area contributed by atoms with E-state index in [1.807, 2.05) is 13.8 Å². The average Bonchev–Trinajstić information content (AvgIpc) is 1.99. The van der Waals surface area contributed by atoms with Crippen molar-refractivity contribution in [3.8, 4) is 0 Å². The summed E-state index contributed by atoms with van der Waals surface area (Å²) in [5, 5.41) is 0. The Morgan fingerprint density at radius 3 is 2.36 bits per heavy atom. The third-order valence-corrected chi connectivity index (χ3v) is 2.43. The van der Waals surface area contributed by atoms with Crippen LogP contribution in [0.4, 0.5) is 0 Å². The number of hydrogen-bond acceptors (Lipinski definition) is 3. The van der Waals surface area contributed by atoms with Gasteiger partial charge in [0.25, 0.3) is 0 Å². The molecule has 78 valence electrons. The highest BCUT2D eigenvalue weighted by atomic mass is 16.5. The van der Waals surface area contributed by atoms with Crippen molar-refractivity contribution >= 4 is 11.6 Å². The number of allylic oxidation sites excluding steroid dienone is 2. The lowest BCUT2D eigenvalue weighted by atomic mass is 9.76. The van der Waals surface area contributed by atoms with Crippen molar-refractivity contribution in [2.45, 2.75) is 33.6 Å². The van der Waals surface area contributed by atoms with Crippen molar-refractivity contribution in [3.63, 3.8) is 0 Å². The lowest BCUT2D eigenvalue weighted by Gasteiger charge is -2.30. The molecule has 0 amide bonds. The van der Waals surface area contributed by atoms with E-state index in [4.69, 9.17) is 4.74 Å². The van der Waals surface area contributed by atoms with Crippen LogP contribution in [0, 0.1) is 5.41 Å². The zero-order valence-corrected chi connectivity index (χ0v) is 9.14. The van der Waals surface area contributed by atoms with Crippen LogP contribution in [0.15, 0.2) is 11.3 Å². The SMILES string of the molecule is COC1=C(C(C)=O)C(=O)CC(C)(C)C1. The van der Waals surface area contributed by atoms with Gasteiger partial charge in [0.2, 0.25) is 0 Å². The molecule has 0 saturated carbocycles. The van der Waals surface area contributed by atoms with Crippen LogP contribution in [-0.2, 0) is 14.3 Å². The van der Waals surface area contributed by atoms with E-state index in [9.17, 15) is 9.59 Å². The van der Waals surface area contributed by atoms with Gasteiger partial charge in [-0.05, 0) is 12.3 Å². The van der Waals surface area contributed by atoms with Crippen LogP contribution in [0.25, 0.3) is 0 Å². The number of carbonyl (C=O) groups excluding carboxylic acids is 2. The van der Waals surface area contributed by atoms with Gasteiger partial charge in [0.15, 0.2) is 11.6 Å². The molecule has 0 atom stereocenters. The standard InChI is InChI=1S/C11H16O3/c1-7(12)10-8(13)5-11(2,3)6-9(10)14-4/h5-6H2,1-4H3. The highest BCUT2D eigenvalue weighted by molar-refractivity contribution is 6.20. The van der Waals surface area contributed by atoms with Crippen molar-refractivity contribution in [1.82, 2.24) is 0 Å². The topological polar surface area (TPSA) is 43.4 Å². The molecule has 1 aliphatic rings. The summed E-state index contributed by atoms with van der Waals surface area (Å²) in [6.07, 6.45) is 1.08. The number of methoxy groups -OCH3 is 1. The molecule has 1 aliphatic carbocycles. The number of ketones is 2. The van der Waals surface area contributed by atoms with Crippen LogP contribution in [0.2, 0.25) is 0 Å². The van der Waals surface area contributed by atoms with Crippen LogP contribution >= 0.6 is 0 Å². The molecule has 14 heavy (non-hydrogen) atoms. The molecule has 3 heteroatoms. The van der Waals surface area contributed by atoms with E-state index >= 15 is 0 Å². The number of carbonyl (C=O) groups is 2. The van der Waals surface area contributed by atoms with Gasteiger partial charge >= 0.3 is 0 Å². The maximum Gasteiger partial charge on any atom is 0.170 e. The predicted octanol–water partition coefficient (Wildman–Crippen LogP) is 1.86. The molecule has 0 aromatic carbocycles. The molecule has 0 saturated heterocycles. The fraction of sp³-hybridized carbons (Fsp3) is 0.636. The zero-order valence-electron chi connectivity index (χ0n) is 9.14. The van der Waals surface area contributed by atoms with Crippen molar-refractivity contribution in [1.29, 1.82) is 0 Å². The number of rotatable bonds is 2. The molecule has 0 aliphatic heterocycles. The monoisotopic (exact) mass is 196 g/mol. The Bertz CT molecular complexity index is 310. The summed E-state index contributed by atoms with van der Waals surface area (Å²) in [7, 11) is 1.51. The van der Waals surface area contributed by atoms with Crippen LogP contribution in [0.3, 0.4) is 0 Å². The Kier molecular flexibility index (Phi) is 2.79. The van der Waals surface area contributed by atoms with Crippen molar-refractivity contribution in [2.24, 2.45) is 5.41 Å².